The molecule has 2 fully saturated rings. The molecule has 0 bridgehead atoms. The van der Waals surface area contributed by atoms with Gasteiger partial charge in [-0.3, -0.25) is 0 Å². The third-order valence-corrected chi connectivity index (χ3v) is 2.68. The molecule has 1 N–H and O–H groups in total. The maximum absolute atomic E-state index is 5.40. The fourth-order valence-corrected chi connectivity index (χ4v) is 2.01. The molecular weight excluding hydrogens is 152 g/mol. The van der Waals surface area contributed by atoms with Gasteiger partial charge in [-0.2, -0.15) is 0 Å². The van der Waals surface area contributed by atoms with E-state index in [-0.39, 0.29) is 0 Å². The van der Waals surface area contributed by atoms with Gasteiger partial charge in [0, 0.05) is 19.1 Å². The molecule has 0 aromatic carbocycles. The van der Waals surface area contributed by atoms with E-state index < -0.39 is 0 Å². The molecule has 1 unspecified atom stereocenters. The Hall–Kier alpha value is -0.120. The monoisotopic (exact) mass is 170 g/mol. The van der Waals surface area contributed by atoms with Gasteiger partial charge in [-0.1, -0.05) is 0 Å². The number of nitrogens with one attached hydrogen (secondary N) is 1. The molecule has 0 radical (unpaired) electrons. The summed E-state index contributed by atoms with van der Waals surface area (Å²) in [6.45, 7) is 6.57. The largest absolute Gasteiger partial charge is 0.378 e. The number of hydrogen-bond acceptors (Lipinski definition) is 3. The predicted molar refractivity (Wildman–Crippen MR) is 48.3 cm³/mol. The molecule has 1 atom stereocenters. The summed E-state index contributed by atoms with van der Waals surface area (Å²) in [5, 5.41) is 3.48. The van der Waals surface area contributed by atoms with Crippen LogP contribution in [0.5, 0.6) is 0 Å². The van der Waals surface area contributed by atoms with Crippen LogP contribution in [0, 0.1) is 0 Å². The van der Waals surface area contributed by atoms with Crippen molar-refractivity contribution in [2.45, 2.75) is 18.9 Å². The van der Waals surface area contributed by atoms with Gasteiger partial charge >= 0.3 is 0 Å². The molecule has 2 saturated heterocycles. The van der Waals surface area contributed by atoms with E-state index in [2.05, 4.69) is 10.2 Å². The first kappa shape index (κ1) is 8.48. The fourth-order valence-electron chi connectivity index (χ4n) is 2.01. The van der Waals surface area contributed by atoms with Crippen molar-refractivity contribution in [3.63, 3.8) is 0 Å². The number of ether oxygens (including phenoxy) is 1. The van der Waals surface area contributed by atoms with E-state index in [0.29, 0.717) is 6.04 Å². The Morgan fingerprint density at radius 2 is 2.17 bits per heavy atom. The van der Waals surface area contributed by atoms with E-state index in [9.17, 15) is 0 Å². The molecule has 12 heavy (non-hydrogen) atoms. The molecule has 0 aromatic heterocycles. The van der Waals surface area contributed by atoms with Gasteiger partial charge in [-0.05, 0) is 25.9 Å². The van der Waals surface area contributed by atoms with Crippen molar-refractivity contribution in [2.75, 3.05) is 39.4 Å². The average Bonchev–Trinajstić information content (AvgIpc) is 2.59. The van der Waals surface area contributed by atoms with E-state index in [0.717, 1.165) is 19.8 Å². The topological polar surface area (TPSA) is 24.5 Å². The van der Waals surface area contributed by atoms with Crippen LogP contribution in [0.4, 0.5) is 0 Å². The van der Waals surface area contributed by atoms with Crippen LogP contribution in [0.1, 0.15) is 12.8 Å². The highest BCUT2D eigenvalue weighted by molar-refractivity contribution is 4.77. The molecule has 70 valence electrons. The normalized spacial score (nSPS) is 32.5. The molecule has 2 aliphatic rings. The maximum atomic E-state index is 5.40. The highest BCUT2D eigenvalue weighted by Crippen LogP contribution is 2.08. The van der Waals surface area contributed by atoms with E-state index in [1.165, 1.54) is 32.5 Å². The first-order valence-corrected chi connectivity index (χ1v) is 4.98. The van der Waals surface area contributed by atoms with E-state index in [1.807, 2.05) is 0 Å². The summed E-state index contributed by atoms with van der Waals surface area (Å²) in [7, 11) is 0. The quantitative estimate of drug-likeness (QED) is 0.635. The lowest BCUT2D eigenvalue weighted by Gasteiger charge is -2.27. The molecule has 2 rings (SSSR count). The number of rotatable bonds is 2. The fraction of sp³-hybridized carbons (Fsp3) is 1.00. The van der Waals surface area contributed by atoms with Crippen molar-refractivity contribution in [3.8, 4) is 0 Å². The number of nitrogens with zero attached hydrogens (tertiary/aromatic N) is 1. The number of likely N-dealkylation sites (tertiary alicyclic amines) is 1. The Kier molecular flexibility index (Phi) is 2.98. The minimum Gasteiger partial charge on any atom is -0.378 e. The van der Waals surface area contributed by atoms with Gasteiger partial charge in [0.15, 0.2) is 0 Å². The van der Waals surface area contributed by atoms with Gasteiger partial charge in [0.05, 0.1) is 13.2 Å². The molecule has 0 aromatic rings. The number of hydrogen-bond donors (Lipinski definition) is 1. The third kappa shape index (κ3) is 2.19. The van der Waals surface area contributed by atoms with Crippen molar-refractivity contribution in [1.82, 2.24) is 10.2 Å². The van der Waals surface area contributed by atoms with E-state index >= 15 is 0 Å². The zero-order valence-corrected chi connectivity index (χ0v) is 7.59. The van der Waals surface area contributed by atoms with Crippen LogP contribution in [-0.2, 0) is 4.74 Å². The van der Waals surface area contributed by atoms with Crippen molar-refractivity contribution in [2.24, 2.45) is 0 Å². The zero-order valence-electron chi connectivity index (χ0n) is 7.59. The predicted octanol–water partition coefficient (Wildman–Crippen LogP) is 0.0706. The van der Waals surface area contributed by atoms with Crippen LogP contribution in [0.2, 0.25) is 0 Å². The lowest BCUT2D eigenvalue weighted by Crippen LogP contribution is -2.47. The molecule has 2 heterocycles. The highest BCUT2D eigenvalue weighted by atomic mass is 16.5. The second-order valence-corrected chi connectivity index (χ2v) is 3.73. The van der Waals surface area contributed by atoms with Crippen LogP contribution >= 0.6 is 0 Å². The lowest BCUT2D eigenvalue weighted by molar-refractivity contribution is 0.0651. The SMILES string of the molecule is C1CCN(CC2COCCN2)C1. The average molecular weight is 170 g/mol. The van der Waals surface area contributed by atoms with Crippen molar-refractivity contribution < 1.29 is 4.74 Å². The molecule has 3 nitrogen and oxygen atoms in total. The van der Waals surface area contributed by atoms with Gasteiger partial charge in [-0.25, -0.2) is 0 Å². The maximum Gasteiger partial charge on any atom is 0.0632 e. The summed E-state index contributed by atoms with van der Waals surface area (Å²) in [6.07, 6.45) is 2.77. The van der Waals surface area contributed by atoms with Crippen LogP contribution in [0.15, 0.2) is 0 Å². The summed E-state index contributed by atoms with van der Waals surface area (Å²) in [5.74, 6) is 0. The minimum atomic E-state index is 0.580. The molecule has 0 aliphatic carbocycles. The van der Waals surface area contributed by atoms with Crippen LogP contribution in [0.3, 0.4) is 0 Å². The van der Waals surface area contributed by atoms with Gasteiger partial charge in [-0.15, -0.1) is 0 Å². The van der Waals surface area contributed by atoms with Crippen molar-refractivity contribution >= 4 is 0 Å². The van der Waals surface area contributed by atoms with Crippen LogP contribution in [0.25, 0.3) is 0 Å². The summed E-state index contributed by atoms with van der Waals surface area (Å²) >= 11 is 0. The van der Waals surface area contributed by atoms with E-state index in [1.54, 1.807) is 0 Å². The zero-order chi connectivity index (χ0) is 8.23. The first-order valence-electron chi connectivity index (χ1n) is 4.98. The summed E-state index contributed by atoms with van der Waals surface area (Å²) in [5.41, 5.74) is 0. The Balaban J connectivity index is 1.69. The Labute approximate surface area is 74.1 Å². The molecule has 0 saturated carbocycles. The molecule has 2 aliphatic heterocycles. The third-order valence-electron chi connectivity index (χ3n) is 2.68. The van der Waals surface area contributed by atoms with Gasteiger partial charge in [0.1, 0.15) is 0 Å². The highest BCUT2D eigenvalue weighted by Gasteiger charge is 2.18. The van der Waals surface area contributed by atoms with Gasteiger partial charge in [0.2, 0.25) is 0 Å². The smallest absolute Gasteiger partial charge is 0.0632 e. The van der Waals surface area contributed by atoms with Gasteiger partial charge in [0.25, 0.3) is 0 Å². The molecule has 0 amide bonds. The molecule has 3 heteroatoms. The van der Waals surface area contributed by atoms with Crippen molar-refractivity contribution in [1.29, 1.82) is 0 Å². The Morgan fingerprint density at radius 1 is 1.33 bits per heavy atom. The molecular formula is C9H18N2O. The summed E-state index contributed by atoms with van der Waals surface area (Å²) < 4.78 is 5.40. The molecule has 0 spiro atoms. The Bertz CT molecular complexity index is 128. The van der Waals surface area contributed by atoms with Crippen LogP contribution < -0.4 is 5.32 Å². The van der Waals surface area contributed by atoms with Gasteiger partial charge < -0.3 is 15.0 Å². The second kappa shape index (κ2) is 4.21. The second-order valence-electron chi connectivity index (χ2n) is 3.73. The minimum absolute atomic E-state index is 0.580. The summed E-state index contributed by atoms with van der Waals surface area (Å²) in [4.78, 5) is 2.53. The van der Waals surface area contributed by atoms with Crippen LogP contribution in [-0.4, -0.2) is 50.3 Å². The lowest BCUT2D eigenvalue weighted by atomic mass is 10.2. The van der Waals surface area contributed by atoms with Crippen molar-refractivity contribution in [3.05, 3.63) is 0 Å². The first-order chi connectivity index (χ1) is 5.95. The Morgan fingerprint density at radius 3 is 2.83 bits per heavy atom. The number of morpholine rings is 1. The summed E-state index contributed by atoms with van der Waals surface area (Å²) in [6, 6.07) is 0.580. The van der Waals surface area contributed by atoms with E-state index in [4.69, 9.17) is 4.74 Å². The standard InChI is InChI=1S/C9H18N2O/c1-2-5-11(4-1)7-9-8-12-6-3-10-9/h9-10H,1-8H2.